The molecule has 9 nitrogen and oxygen atoms in total. The van der Waals surface area contributed by atoms with E-state index in [4.69, 9.17) is 4.74 Å². The van der Waals surface area contributed by atoms with Crippen LogP contribution in [0.15, 0.2) is 9.59 Å². The van der Waals surface area contributed by atoms with Gasteiger partial charge >= 0.3 is 5.69 Å². The Hall–Kier alpha value is -2.13. The molecule has 0 saturated carbocycles. The maximum Gasteiger partial charge on any atom is 0.334 e. The summed E-state index contributed by atoms with van der Waals surface area (Å²) in [6.45, 7) is 2.55. The third-order valence-corrected chi connectivity index (χ3v) is 3.56. The van der Waals surface area contributed by atoms with Gasteiger partial charge in [-0.2, -0.15) is 0 Å². The number of hydrogen-bond donors (Lipinski definition) is 0. The molecule has 1 aromatic heterocycles. The summed E-state index contributed by atoms with van der Waals surface area (Å²) in [5.41, 5.74) is -0.518. The first-order valence-corrected chi connectivity index (χ1v) is 6.98. The van der Waals surface area contributed by atoms with Crippen molar-refractivity contribution in [1.82, 2.24) is 14.1 Å². The fourth-order valence-electron chi connectivity index (χ4n) is 2.49. The molecule has 0 fully saturated rings. The molecule has 1 aliphatic heterocycles. The molecule has 0 aliphatic carbocycles. The van der Waals surface area contributed by atoms with Gasteiger partial charge in [-0.25, -0.2) is 14.4 Å². The summed E-state index contributed by atoms with van der Waals surface area (Å²) in [5, 5.41) is 3.48. The van der Waals surface area contributed by atoms with E-state index >= 15 is 0 Å². The second-order valence-corrected chi connectivity index (χ2v) is 5.15. The van der Waals surface area contributed by atoms with Crippen LogP contribution in [0, 0.1) is 0 Å². The number of fused-ring (bicyclic) bond motifs is 1. The van der Waals surface area contributed by atoms with E-state index in [-0.39, 0.29) is 13.3 Å². The van der Waals surface area contributed by atoms with Gasteiger partial charge in [0, 0.05) is 27.7 Å². The lowest BCUT2D eigenvalue weighted by Gasteiger charge is -2.25. The number of hydrazine groups is 1. The predicted molar refractivity (Wildman–Crippen MR) is 82.0 cm³/mol. The summed E-state index contributed by atoms with van der Waals surface area (Å²) < 4.78 is 7.65. The molecule has 0 bridgehead atoms. The molecule has 9 heteroatoms. The van der Waals surface area contributed by atoms with Crippen LogP contribution >= 0.6 is 0 Å². The Morgan fingerprint density at radius 3 is 2.55 bits per heavy atom. The number of aromatic nitrogens is 2. The first-order chi connectivity index (χ1) is 10.4. The van der Waals surface area contributed by atoms with Crippen LogP contribution in [0.5, 0.6) is 0 Å². The number of aldehydes is 1. The van der Waals surface area contributed by atoms with Crippen LogP contribution in [0.3, 0.4) is 0 Å². The van der Waals surface area contributed by atoms with Gasteiger partial charge in [0.25, 0.3) is 5.56 Å². The number of carbonyl (C=O) groups is 1. The fraction of sp³-hybridized carbons (Fsp3) is 0.615. The third-order valence-electron chi connectivity index (χ3n) is 3.56. The molecule has 0 unspecified atom stereocenters. The van der Waals surface area contributed by atoms with E-state index in [1.807, 2.05) is 0 Å². The van der Waals surface area contributed by atoms with Gasteiger partial charge in [0.1, 0.15) is 25.5 Å². The molecular formula is C13H21N5O4. The van der Waals surface area contributed by atoms with Crippen molar-refractivity contribution >= 4 is 17.8 Å². The molecule has 2 rings (SSSR count). The molecule has 0 N–H and O–H groups in total. The topological polar surface area (TPSA) is 80.0 Å². The Morgan fingerprint density at radius 2 is 2.00 bits per heavy atom. The van der Waals surface area contributed by atoms with E-state index in [0.717, 1.165) is 10.9 Å². The van der Waals surface area contributed by atoms with Gasteiger partial charge in [0.15, 0.2) is 5.69 Å². The summed E-state index contributed by atoms with van der Waals surface area (Å²) in [6.07, 6.45) is 0.749. The summed E-state index contributed by atoms with van der Waals surface area (Å²) in [4.78, 5) is 37.6. The largest absolute Gasteiger partial charge is 0.361 e. The summed E-state index contributed by atoms with van der Waals surface area (Å²) in [7, 11) is 5.18. The highest BCUT2D eigenvalue weighted by molar-refractivity contribution is 5.74. The quantitative estimate of drug-likeness (QED) is 0.611. The maximum atomic E-state index is 12.7. The van der Waals surface area contributed by atoms with Crippen LogP contribution in [-0.2, 0) is 23.3 Å². The van der Waals surface area contributed by atoms with Crippen molar-refractivity contribution in [3.05, 3.63) is 20.8 Å². The van der Waals surface area contributed by atoms with E-state index in [1.165, 1.54) is 4.57 Å². The van der Waals surface area contributed by atoms with Gasteiger partial charge in [0.05, 0.1) is 6.54 Å². The lowest BCUT2D eigenvalue weighted by Crippen LogP contribution is -2.44. The minimum Gasteiger partial charge on any atom is -0.361 e. The highest BCUT2D eigenvalue weighted by atomic mass is 16.5. The van der Waals surface area contributed by atoms with Crippen molar-refractivity contribution in [2.75, 3.05) is 43.8 Å². The first kappa shape index (κ1) is 16.2. The van der Waals surface area contributed by atoms with Crippen LogP contribution in [0.25, 0.3) is 0 Å². The predicted octanol–water partition coefficient (Wildman–Crippen LogP) is -1.20. The molecule has 1 aliphatic rings. The van der Waals surface area contributed by atoms with Crippen molar-refractivity contribution in [1.29, 1.82) is 0 Å². The molecule has 0 atom stereocenters. The molecule has 0 spiro atoms. The van der Waals surface area contributed by atoms with Crippen molar-refractivity contribution in [2.45, 2.75) is 13.7 Å². The van der Waals surface area contributed by atoms with E-state index in [1.54, 1.807) is 43.0 Å². The zero-order chi connectivity index (χ0) is 16.4. The van der Waals surface area contributed by atoms with E-state index < -0.39 is 11.2 Å². The smallest absolute Gasteiger partial charge is 0.334 e. The zero-order valence-corrected chi connectivity index (χ0v) is 13.3. The first-order valence-electron chi connectivity index (χ1n) is 6.98. The van der Waals surface area contributed by atoms with Gasteiger partial charge in [-0.1, -0.05) is 0 Å². The molecule has 122 valence electrons. The Labute approximate surface area is 127 Å². The SMILES string of the molecule is CCOCn1c(=O)c2c(n(C)c1=O)N(CC=O)CN2N(C)C. The molecule has 0 amide bonds. The lowest BCUT2D eigenvalue weighted by molar-refractivity contribution is -0.106. The van der Waals surface area contributed by atoms with Crippen molar-refractivity contribution in [2.24, 2.45) is 7.05 Å². The Morgan fingerprint density at radius 1 is 1.32 bits per heavy atom. The highest BCUT2D eigenvalue weighted by Gasteiger charge is 2.34. The standard InChI is InChI=1S/C13H21N5O4/c1-5-22-9-17-12(20)10-11(15(4)13(17)21)16(6-7-19)8-18(10)14(2)3/h7H,5-6,8-9H2,1-4H3. The number of anilines is 2. The molecule has 2 heterocycles. The Balaban J connectivity index is 2.68. The van der Waals surface area contributed by atoms with Crippen LogP contribution in [0.1, 0.15) is 6.92 Å². The number of ether oxygens (including phenoxy) is 1. The number of carbonyl (C=O) groups excluding carboxylic acids is 1. The van der Waals surface area contributed by atoms with Gasteiger partial charge in [-0.05, 0) is 6.92 Å². The zero-order valence-electron chi connectivity index (χ0n) is 13.3. The second-order valence-electron chi connectivity index (χ2n) is 5.15. The maximum absolute atomic E-state index is 12.7. The number of hydrogen-bond acceptors (Lipinski definition) is 7. The highest BCUT2D eigenvalue weighted by Crippen LogP contribution is 2.31. The molecule has 22 heavy (non-hydrogen) atoms. The van der Waals surface area contributed by atoms with Crippen molar-refractivity contribution in [3.63, 3.8) is 0 Å². The van der Waals surface area contributed by atoms with E-state index in [9.17, 15) is 14.4 Å². The van der Waals surface area contributed by atoms with Gasteiger partial charge in [0.2, 0.25) is 0 Å². The van der Waals surface area contributed by atoms with Gasteiger partial charge in [-0.3, -0.25) is 14.4 Å². The lowest BCUT2D eigenvalue weighted by atomic mass is 10.4. The Kier molecular flexibility index (Phi) is 4.67. The average Bonchev–Trinajstić information content (AvgIpc) is 2.85. The van der Waals surface area contributed by atoms with Crippen LogP contribution in [0.2, 0.25) is 0 Å². The van der Waals surface area contributed by atoms with Crippen LogP contribution in [0.4, 0.5) is 11.5 Å². The van der Waals surface area contributed by atoms with E-state index in [0.29, 0.717) is 24.8 Å². The number of rotatable bonds is 6. The number of nitrogens with zero attached hydrogens (tertiary/aromatic N) is 5. The molecule has 0 radical (unpaired) electrons. The van der Waals surface area contributed by atoms with Crippen LogP contribution in [-0.4, -0.2) is 54.3 Å². The fourth-order valence-corrected chi connectivity index (χ4v) is 2.49. The Bertz CT molecular complexity index is 678. The summed E-state index contributed by atoms with van der Waals surface area (Å²) in [5.74, 6) is 0.448. The summed E-state index contributed by atoms with van der Waals surface area (Å²) in [6, 6.07) is 0. The van der Waals surface area contributed by atoms with Gasteiger partial charge < -0.3 is 14.4 Å². The molecular weight excluding hydrogens is 290 g/mol. The normalized spacial score (nSPS) is 13.9. The molecule has 0 aromatic carbocycles. The molecule has 0 saturated heterocycles. The third kappa shape index (κ3) is 2.53. The summed E-state index contributed by atoms with van der Waals surface area (Å²) >= 11 is 0. The minimum atomic E-state index is -0.464. The van der Waals surface area contributed by atoms with Crippen molar-refractivity contribution < 1.29 is 9.53 Å². The minimum absolute atomic E-state index is 0.0930. The van der Waals surface area contributed by atoms with Crippen LogP contribution < -0.4 is 21.2 Å². The monoisotopic (exact) mass is 311 g/mol. The van der Waals surface area contributed by atoms with E-state index in [2.05, 4.69) is 0 Å². The molecule has 1 aromatic rings. The van der Waals surface area contributed by atoms with Crippen molar-refractivity contribution in [3.8, 4) is 0 Å². The van der Waals surface area contributed by atoms with Gasteiger partial charge in [-0.15, -0.1) is 0 Å². The average molecular weight is 311 g/mol. The second kappa shape index (κ2) is 6.32.